The zero-order valence-electron chi connectivity index (χ0n) is 15.6. The summed E-state index contributed by atoms with van der Waals surface area (Å²) in [6, 6.07) is -1.10. The summed E-state index contributed by atoms with van der Waals surface area (Å²) < 4.78 is 14.8. The molecule has 0 bridgehead atoms. The Bertz CT molecular complexity index is 690. The number of halogens is 1. The maximum absolute atomic E-state index is 12.6. The Labute approximate surface area is 165 Å². The molecule has 156 valence electrons. The number of hydrogen-bond donors (Lipinski definition) is 1. The molecule has 2 amide bonds. The van der Waals surface area contributed by atoms with E-state index < -0.39 is 53.7 Å². The lowest BCUT2D eigenvalue weighted by Crippen LogP contribution is -2.57. The molecular weight excluding hydrogens is 400 g/mol. The number of nitrogens with one attached hydrogen (secondary N) is 1. The summed E-state index contributed by atoms with van der Waals surface area (Å²) >= 11 is 5.39. The van der Waals surface area contributed by atoms with Crippen LogP contribution in [0.5, 0.6) is 0 Å². The van der Waals surface area contributed by atoms with Crippen LogP contribution in [0.25, 0.3) is 0 Å². The largest absolute Gasteiger partial charge is 0.427 e. The van der Waals surface area contributed by atoms with E-state index in [-0.39, 0.29) is 25.3 Å². The van der Waals surface area contributed by atoms with Crippen molar-refractivity contribution in [1.82, 2.24) is 10.4 Å². The molecule has 1 unspecified atom stereocenters. The number of hydrogen-bond acceptors (Lipinski definition) is 9. The highest BCUT2D eigenvalue weighted by molar-refractivity contribution is 6.27. The summed E-state index contributed by atoms with van der Waals surface area (Å²) in [5.41, 5.74) is -2.98. The van der Waals surface area contributed by atoms with Crippen LogP contribution in [-0.4, -0.2) is 65.8 Å². The Morgan fingerprint density at radius 3 is 2.50 bits per heavy atom. The van der Waals surface area contributed by atoms with E-state index >= 15 is 0 Å². The minimum atomic E-state index is -2.16. The van der Waals surface area contributed by atoms with Gasteiger partial charge in [-0.3, -0.25) is 24.0 Å². The lowest BCUT2D eigenvalue weighted by molar-refractivity contribution is -0.262. The molecule has 2 aliphatic heterocycles. The molecule has 0 spiro atoms. The molecule has 0 aliphatic carbocycles. The molecule has 0 aromatic carbocycles. The molecule has 2 fully saturated rings. The third-order valence-electron chi connectivity index (χ3n) is 3.92. The van der Waals surface area contributed by atoms with Gasteiger partial charge in [0, 0.05) is 6.42 Å². The minimum absolute atomic E-state index is 0.164. The number of esters is 3. The molecule has 2 aliphatic rings. The third-order valence-corrected chi connectivity index (χ3v) is 4.16. The molecule has 2 heterocycles. The molecule has 2 rings (SSSR count). The topological polar surface area (TPSA) is 138 Å². The Hall–Kier alpha value is -2.40. The predicted molar refractivity (Wildman–Crippen MR) is 90.0 cm³/mol. The number of carbonyl (C=O) groups is 5. The van der Waals surface area contributed by atoms with E-state index in [1.807, 2.05) is 0 Å². The number of cyclic esters (lactones) is 1. The fraction of sp³-hybridized carbons (Fsp3) is 0.688. The van der Waals surface area contributed by atoms with Crippen LogP contribution in [0.15, 0.2) is 0 Å². The number of carbonyl (C=O) groups excluding carboxylic acids is 5. The van der Waals surface area contributed by atoms with Crippen molar-refractivity contribution in [3.05, 3.63) is 0 Å². The Kier molecular flexibility index (Phi) is 6.50. The van der Waals surface area contributed by atoms with Crippen LogP contribution < -0.4 is 5.32 Å². The van der Waals surface area contributed by atoms with Gasteiger partial charge in [0.25, 0.3) is 5.91 Å². The second-order valence-corrected chi connectivity index (χ2v) is 7.44. The number of hydroxylamine groups is 2. The van der Waals surface area contributed by atoms with Gasteiger partial charge >= 0.3 is 23.6 Å². The number of rotatable bonds is 6. The second kappa shape index (κ2) is 8.31. The molecule has 1 N–H and O–H groups in total. The van der Waals surface area contributed by atoms with Crippen LogP contribution in [0.1, 0.15) is 33.6 Å². The summed E-state index contributed by atoms with van der Waals surface area (Å²) in [6.07, 6.45) is -0.386. The minimum Gasteiger partial charge on any atom is -0.427 e. The van der Waals surface area contributed by atoms with Crippen molar-refractivity contribution in [2.45, 2.75) is 45.4 Å². The first-order valence-corrected chi connectivity index (χ1v) is 8.93. The molecule has 0 radical (unpaired) electrons. The zero-order chi connectivity index (χ0) is 21.1. The zero-order valence-corrected chi connectivity index (χ0v) is 16.4. The predicted octanol–water partition coefficient (Wildman–Crippen LogP) is -0.393. The van der Waals surface area contributed by atoms with Crippen LogP contribution in [0.2, 0.25) is 0 Å². The molecule has 28 heavy (non-hydrogen) atoms. The van der Waals surface area contributed by atoms with Crippen LogP contribution in [0.4, 0.5) is 0 Å². The summed E-state index contributed by atoms with van der Waals surface area (Å²) in [5.74, 6) is -4.29. The average molecular weight is 421 g/mol. The lowest BCUT2D eigenvalue weighted by atomic mass is 9.98. The van der Waals surface area contributed by atoms with Gasteiger partial charge in [-0.05, 0) is 20.8 Å². The second-order valence-electron chi connectivity index (χ2n) is 7.17. The van der Waals surface area contributed by atoms with E-state index in [0.717, 1.165) is 0 Å². The van der Waals surface area contributed by atoms with Crippen molar-refractivity contribution >= 4 is 41.3 Å². The molecular formula is C16H21ClN2O9. The van der Waals surface area contributed by atoms with Gasteiger partial charge in [0.2, 0.25) is 12.7 Å². The van der Waals surface area contributed by atoms with E-state index in [0.29, 0.717) is 5.06 Å². The normalized spacial score (nSPS) is 24.7. The maximum atomic E-state index is 12.6. The van der Waals surface area contributed by atoms with Gasteiger partial charge in [0.1, 0.15) is 18.5 Å². The maximum Gasteiger partial charge on any atom is 0.377 e. The molecule has 0 saturated carbocycles. The van der Waals surface area contributed by atoms with Gasteiger partial charge in [-0.1, -0.05) is 0 Å². The van der Waals surface area contributed by atoms with Gasteiger partial charge < -0.3 is 19.5 Å². The summed E-state index contributed by atoms with van der Waals surface area (Å²) in [4.78, 5) is 65.1. The molecule has 0 aromatic rings. The molecule has 2 atom stereocenters. The highest BCUT2D eigenvalue weighted by Gasteiger charge is 2.60. The first-order chi connectivity index (χ1) is 13.0. The van der Waals surface area contributed by atoms with Crippen molar-refractivity contribution in [1.29, 1.82) is 0 Å². The van der Waals surface area contributed by atoms with E-state index in [4.69, 9.17) is 30.6 Å². The Balaban J connectivity index is 2.09. The highest BCUT2D eigenvalue weighted by atomic mass is 35.5. The number of ether oxygens (including phenoxy) is 3. The summed E-state index contributed by atoms with van der Waals surface area (Å²) in [5, 5.41) is 2.90. The number of nitrogens with zero attached hydrogens (tertiary/aromatic N) is 1. The number of amides is 2. The smallest absolute Gasteiger partial charge is 0.377 e. The molecule has 12 heteroatoms. The van der Waals surface area contributed by atoms with Crippen molar-refractivity contribution in [2.24, 2.45) is 5.41 Å². The fourth-order valence-corrected chi connectivity index (χ4v) is 2.52. The number of alkyl halides is 1. The monoisotopic (exact) mass is 420 g/mol. The van der Waals surface area contributed by atoms with E-state index in [1.54, 1.807) is 20.8 Å². The first-order valence-electron chi connectivity index (χ1n) is 8.40. The van der Waals surface area contributed by atoms with Crippen molar-refractivity contribution in [3.8, 4) is 0 Å². The van der Waals surface area contributed by atoms with E-state index in [1.165, 1.54) is 0 Å². The molecule has 2 saturated heterocycles. The third kappa shape index (κ3) is 4.53. The van der Waals surface area contributed by atoms with Crippen LogP contribution in [-0.2, 0) is 43.0 Å². The van der Waals surface area contributed by atoms with Crippen molar-refractivity contribution < 1.29 is 43.0 Å². The summed E-state index contributed by atoms with van der Waals surface area (Å²) in [6.45, 7) is 3.83. The quantitative estimate of drug-likeness (QED) is 0.345. The highest BCUT2D eigenvalue weighted by Crippen LogP contribution is 2.35. The van der Waals surface area contributed by atoms with Gasteiger partial charge in [-0.15, -0.1) is 11.6 Å². The molecule has 0 aromatic heterocycles. The Morgan fingerprint density at radius 2 is 1.96 bits per heavy atom. The van der Waals surface area contributed by atoms with E-state index in [2.05, 4.69) is 5.32 Å². The van der Waals surface area contributed by atoms with Gasteiger partial charge in [-0.2, -0.15) is 5.06 Å². The average Bonchev–Trinajstić information content (AvgIpc) is 3.18. The van der Waals surface area contributed by atoms with Crippen LogP contribution in [0.3, 0.4) is 0 Å². The first kappa shape index (κ1) is 21.9. The SMILES string of the molecule is CC(C)(C)C(=O)OCOC(=O)C1(N2OC[C@H](NC(=O)CCl)C2=O)CCC(=O)O1. The van der Waals surface area contributed by atoms with E-state index in [9.17, 15) is 24.0 Å². The van der Waals surface area contributed by atoms with Crippen molar-refractivity contribution in [3.63, 3.8) is 0 Å². The van der Waals surface area contributed by atoms with Crippen LogP contribution in [0, 0.1) is 5.41 Å². The lowest BCUT2D eigenvalue weighted by Gasteiger charge is -2.32. The standard InChI is InChI=1S/C16H21ClN2O9/c1-15(2,3)13(23)25-8-26-14(24)16(5-4-11(21)28-16)19-12(22)9(7-27-19)18-10(20)6-17/h9H,4-8H2,1-3H3,(H,18,20)/t9-,16?/m0/s1. The summed E-state index contributed by atoms with van der Waals surface area (Å²) in [7, 11) is 0. The van der Waals surface area contributed by atoms with Crippen molar-refractivity contribution in [2.75, 3.05) is 19.3 Å². The fourth-order valence-electron chi connectivity index (χ4n) is 2.44. The Morgan fingerprint density at radius 1 is 1.29 bits per heavy atom. The molecule has 11 nitrogen and oxygen atoms in total. The van der Waals surface area contributed by atoms with Gasteiger partial charge in [0.05, 0.1) is 11.8 Å². The van der Waals surface area contributed by atoms with Gasteiger partial charge in [-0.25, -0.2) is 4.79 Å². The van der Waals surface area contributed by atoms with Gasteiger partial charge in [0.15, 0.2) is 0 Å². The van der Waals surface area contributed by atoms with Crippen LogP contribution >= 0.6 is 11.6 Å².